The van der Waals surface area contributed by atoms with Crippen molar-refractivity contribution in [2.24, 2.45) is 0 Å². The summed E-state index contributed by atoms with van der Waals surface area (Å²) in [6.45, 7) is 0. The predicted octanol–water partition coefficient (Wildman–Crippen LogP) is 4.09. The van der Waals surface area contributed by atoms with E-state index in [2.05, 4.69) is 15.5 Å². The SMILES string of the molecule is CSc1ccccc1NC(=O)CCc1nc(-c2ccsc2)no1. The summed E-state index contributed by atoms with van der Waals surface area (Å²) >= 11 is 3.18. The minimum Gasteiger partial charge on any atom is -0.339 e. The molecular weight excluding hydrogens is 330 g/mol. The molecule has 2 aromatic heterocycles. The molecule has 118 valence electrons. The van der Waals surface area contributed by atoms with Crippen LogP contribution in [0.2, 0.25) is 0 Å². The van der Waals surface area contributed by atoms with Gasteiger partial charge in [0, 0.05) is 28.7 Å². The number of thiophene rings is 1. The van der Waals surface area contributed by atoms with Crippen LogP contribution in [0, 0.1) is 0 Å². The first-order valence-electron chi connectivity index (χ1n) is 7.04. The van der Waals surface area contributed by atoms with Gasteiger partial charge in [-0.15, -0.1) is 11.8 Å². The Morgan fingerprint density at radius 2 is 2.22 bits per heavy atom. The first-order valence-corrected chi connectivity index (χ1v) is 9.21. The lowest BCUT2D eigenvalue weighted by Gasteiger charge is -2.08. The summed E-state index contributed by atoms with van der Waals surface area (Å²) in [6.07, 6.45) is 2.70. The third-order valence-corrected chi connectivity index (χ3v) is 4.67. The van der Waals surface area contributed by atoms with Crippen LogP contribution in [0.5, 0.6) is 0 Å². The molecule has 0 fully saturated rings. The summed E-state index contributed by atoms with van der Waals surface area (Å²) in [6, 6.07) is 9.66. The van der Waals surface area contributed by atoms with Crippen LogP contribution < -0.4 is 5.32 Å². The van der Waals surface area contributed by atoms with Gasteiger partial charge in [-0.05, 0) is 29.8 Å². The number of thioether (sulfide) groups is 1. The number of benzene rings is 1. The highest BCUT2D eigenvalue weighted by molar-refractivity contribution is 7.98. The molecule has 0 atom stereocenters. The van der Waals surface area contributed by atoms with Crippen LogP contribution in [-0.4, -0.2) is 22.3 Å². The number of nitrogens with one attached hydrogen (secondary N) is 1. The van der Waals surface area contributed by atoms with Gasteiger partial charge in [0.15, 0.2) is 0 Å². The fourth-order valence-electron chi connectivity index (χ4n) is 2.05. The van der Waals surface area contributed by atoms with Crippen molar-refractivity contribution in [3.63, 3.8) is 0 Å². The van der Waals surface area contributed by atoms with Gasteiger partial charge in [0.1, 0.15) is 0 Å². The van der Waals surface area contributed by atoms with Crippen molar-refractivity contribution in [3.05, 3.63) is 47.0 Å². The third-order valence-electron chi connectivity index (χ3n) is 3.19. The lowest BCUT2D eigenvalue weighted by Crippen LogP contribution is -2.13. The van der Waals surface area contributed by atoms with Crippen LogP contribution in [-0.2, 0) is 11.2 Å². The van der Waals surface area contributed by atoms with Gasteiger partial charge >= 0.3 is 0 Å². The fourth-order valence-corrected chi connectivity index (χ4v) is 3.23. The van der Waals surface area contributed by atoms with Gasteiger partial charge in [-0.3, -0.25) is 4.79 Å². The maximum Gasteiger partial charge on any atom is 0.227 e. The monoisotopic (exact) mass is 345 g/mol. The molecule has 0 aliphatic heterocycles. The molecule has 1 amide bonds. The number of aryl methyl sites for hydroxylation is 1. The Morgan fingerprint density at radius 3 is 3.00 bits per heavy atom. The number of nitrogens with zero attached hydrogens (tertiary/aromatic N) is 2. The molecule has 2 heterocycles. The molecule has 0 aliphatic rings. The molecule has 0 aliphatic carbocycles. The summed E-state index contributed by atoms with van der Waals surface area (Å²) in [5, 5.41) is 10.8. The highest BCUT2D eigenvalue weighted by Gasteiger charge is 2.12. The van der Waals surface area contributed by atoms with Crippen molar-refractivity contribution in [3.8, 4) is 11.4 Å². The van der Waals surface area contributed by atoms with Crippen LogP contribution >= 0.6 is 23.1 Å². The van der Waals surface area contributed by atoms with Crippen molar-refractivity contribution in [1.82, 2.24) is 10.1 Å². The van der Waals surface area contributed by atoms with E-state index in [1.807, 2.05) is 47.3 Å². The van der Waals surface area contributed by atoms with E-state index in [0.717, 1.165) is 16.1 Å². The first-order chi connectivity index (χ1) is 11.3. The largest absolute Gasteiger partial charge is 0.339 e. The van der Waals surface area contributed by atoms with E-state index in [4.69, 9.17) is 4.52 Å². The molecule has 1 N–H and O–H groups in total. The number of anilines is 1. The number of carbonyl (C=O) groups is 1. The lowest BCUT2D eigenvalue weighted by molar-refractivity contribution is -0.116. The summed E-state index contributed by atoms with van der Waals surface area (Å²) in [5.74, 6) is 0.968. The average molecular weight is 345 g/mol. The molecule has 0 radical (unpaired) electrons. The standard InChI is InChI=1S/C16H15N3O2S2/c1-22-13-5-3-2-4-12(13)17-14(20)6-7-15-18-16(19-21-15)11-8-9-23-10-11/h2-5,8-10H,6-7H2,1H3,(H,17,20). The molecule has 1 aromatic carbocycles. The minimum atomic E-state index is -0.0678. The van der Waals surface area contributed by atoms with Crippen molar-refractivity contribution in [2.45, 2.75) is 17.7 Å². The quantitative estimate of drug-likeness (QED) is 0.682. The molecule has 5 nitrogen and oxygen atoms in total. The van der Waals surface area contributed by atoms with Gasteiger partial charge in [-0.2, -0.15) is 16.3 Å². The topological polar surface area (TPSA) is 68.0 Å². The molecule has 3 rings (SSSR count). The van der Waals surface area contributed by atoms with Crippen molar-refractivity contribution in [2.75, 3.05) is 11.6 Å². The fraction of sp³-hybridized carbons (Fsp3) is 0.188. The Hall–Kier alpha value is -2.12. The zero-order valence-electron chi connectivity index (χ0n) is 12.5. The van der Waals surface area contributed by atoms with Crippen LogP contribution in [0.4, 0.5) is 5.69 Å². The van der Waals surface area contributed by atoms with E-state index in [0.29, 0.717) is 24.6 Å². The summed E-state index contributed by atoms with van der Waals surface area (Å²) in [4.78, 5) is 17.4. The van der Waals surface area contributed by atoms with E-state index >= 15 is 0 Å². The highest BCUT2D eigenvalue weighted by Crippen LogP contribution is 2.25. The van der Waals surface area contributed by atoms with E-state index in [9.17, 15) is 4.79 Å². The zero-order chi connectivity index (χ0) is 16.1. The summed E-state index contributed by atoms with van der Waals surface area (Å²) < 4.78 is 5.19. The summed E-state index contributed by atoms with van der Waals surface area (Å²) in [5.41, 5.74) is 1.76. The maximum atomic E-state index is 12.1. The van der Waals surface area contributed by atoms with E-state index in [1.54, 1.807) is 23.1 Å². The highest BCUT2D eigenvalue weighted by atomic mass is 32.2. The average Bonchev–Trinajstić information content (AvgIpc) is 3.24. The van der Waals surface area contributed by atoms with Gasteiger partial charge in [-0.25, -0.2) is 0 Å². The van der Waals surface area contributed by atoms with Crippen LogP contribution in [0.25, 0.3) is 11.4 Å². The first kappa shape index (κ1) is 15.8. The second-order valence-electron chi connectivity index (χ2n) is 4.77. The number of aromatic nitrogens is 2. The van der Waals surface area contributed by atoms with Gasteiger partial charge in [0.05, 0.1) is 5.69 Å². The van der Waals surface area contributed by atoms with Crippen LogP contribution in [0.1, 0.15) is 12.3 Å². The van der Waals surface area contributed by atoms with Gasteiger partial charge in [0.25, 0.3) is 0 Å². The normalized spacial score (nSPS) is 10.7. The second-order valence-corrected chi connectivity index (χ2v) is 6.40. The van der Waals surface area contributed by atoms with Crippen LogP contribution in [0.3, 0.4) is 0 Å². The van der Waals surface area contributed by atoms with Gasteiger partial charge in [-0.1, -0.05) is 17.3 Å². The van der Waals surface area contributed by atoms with Crippen molar-refractivity contribution < 1.29 is 9.32 Å². The number of hydrogen-bond donors (Lipinski definition) is 1. The Kier molecular flexibility index (Phi) is 5.09. The van der Waals surface area contributed by atoms with Crippen molar-refractivity contribution >= 4 is 34.7 Å². The predicted molar refractivity (Wildman–Crippen MR) is 92.8 cm³/mol. The smallest absolute Gasteiger partial charge is 0.227 e. The number of rotatable bonds is 6. The number of carbonyl (C=O) groups excluding carboxylic acids is 1. The van der Waals surface area contributed by atoms with Gasteiger partial charge in [0.2, 0.25) is 17.6 Å². The van der Waals surface area contributed by atoms with Crippen LogP contribution in [0.15, 0.2) is 50.5 Å². The second kappa shape index (κ2) is 7.43. The van der Waals surface area contributed by atoms with E-state index in [-0.39, 0.29) is 5.91 Å². The Morgan fingerprint density at radius 1 is 1.35 bits per heavy atom. The molecule has 0 spiro atoms. The molecule has 7 heteroatoms. The maximum absolute atomic E-state index is 12.1. The van der Waals surface area contributed by atoms with Gasteiger partial charge < -0.3 is 9.84 Å². The number of amides is 1. The molecular formula is C16H15N3O2S2. The third kappa shape index (κ3) is 4.00. The number of para-hydroxylation sites is 1. The van der Waals surface area contributed by atoms with Crippen molar-refractivity contribution in [1.29, 1.82) is 0 Å². The molecule has 23 heavy (non-hydrogen) atoms. The lowest BCUT2D eigenvalue weighted by atomic mass is 10.2. The molecule has 0 saturated heterocycles. The minimum absolute atomic E-state index is 0.0678. The Bertz CT molecular complexity index is 784. The van der Waals surface area contributed by atoms with E-state index in [1.165, 1.54) is 0 Å². The number of hydrogen-bond acceptors (Lipinski definition) is 6. The Labute approximate surface area is 142 Å². The summed E-state index contributed by atoms with van der Waals surface area (Å²) in [7, 11) is 0. The Balaban J connectivity index is 1.57. The zero-order valence-corrected chi connectivity index (χ0v) is 14.1. The molecule has 0 saturated carbocycles. The van der Waals surface area contributed by atoms with E-state index < -0.39 is 0 Å². The molecule has 3 aromatic rings. The molecule has 0 bridgehead atoms. The molecule has 0 unspecified atom stereocenters.